The minimum atomic E-state index is 0.00356. The minimum Gasteiger partial charge on any atom is -0.294 e. The Labute approximate surface area is 218 Å². The first-order chi connectivity index (χ1) is 17.6. The van der Waals surface area contributed by atoms with E-state index in [9.17, 15) is 4.79 Å². The van der Waals surface area contributed by atoms with Crippen LogP contribution in [0.15, 0.2) is 70.6 Å². The van der Waals surface area contributed by atoms with Gasteiger partial charge in [0.05, 0.1) is 11.1 Å². The van der Waals surface area contributed by atoms with Gasteiger partial charge in [-0.1, -0.05) is 74.1 Å². The van der Waals surface area contributed by atoms with Crippen LogP contribution in [0.1, 0.15) is 36.3 Å². The van der Waals surface area contributed by atoms with E-state index < -0.39 is 0 Å². The minimum absolute atomic E-state index is 0.00356. The van der Waals surface area contributed by atoms with Crippen molar-refractivity contribution in [2.75, 3.05) is 12.3 Å². The van der Waals surface area contributed by atoms with Gasteiger partial charge in [-0.05, 0) is 42.0 Å². The van der Waals surface area contributed by atoms with Crippen LogP contribution in [-0.2, 0) is 19.5 Å². The van der Waals surface area contributed by atoms with Gasteiger partial charge in [0.2, 0.25) is 5.78 Å². The molecule has 0 aliphatic carbocycles. The van der Waals surface area contributed by atoms with Crippen molar-refractivity contribution in [1.29, 1.82) is 0 Å². The Kier molecular flexibility index (Phi) is 6.41. The molecule has 0 spiro atoms. The normalized spacial score (nSPS) is 14.2. The van der Waals surface area contributed by atoms with E-state index >= 15 is 0 Å². The summed E-state index contributed by atoms with van der Waals surface area (Å²) < 4.78 is 3.87. The zero-order valence-corrected chi connectivity index (χ0v) is 22.2. The van der Waals surface area contributed by atoms with Crippen LogP contribution in [-0.4, -0.2) is 36.4 Å². The van der Waals surface area contributed by atoms with Crippen molar-refractivity contribution >= 4 is 39.1 Å². The highest BCUT2D eigenvalue weighted by molar-refractivity contribution is 7.99. The van der Waals surface area contributed by atoms with Gasteiger partial charge < -0.3 is 0 Å². The number of fused-ring (bicyclic) bond motifs is 5. The van der Waals surface area contributed by atoms with Crippen molar-refractivity contribution in [3.8, 4) is 5.69 Å². The molecule has 0 bridgehead atoms. The van der Waals surface area contributed by atoms with Crippen molar-refractivity contribution in [3.05, 3.63) is 87.0 Å². The number of hydrogen-bond acceptors (Lipinski definition) is 6. The van der Waals surface area contributed by atoms with E-state index in [2.05, 4.69) is 63.7 Å². The Morgan fingerprint density at radius 1 is 1.03 bits per heavy atom. The smallest absolute Gasteiger partial charge is 0.268 e. The average Bonchev–Trinajstić information content (AvgIpc) is 3.46. The van der Waals surface area contributed by atoms with Crippen LogP contribution < -0.4 is 5.56 Å². The molecule has 0 unspecified atom stereocenters. The van der Waals surface area contributed by atoms with Gasteiger partial charge in [-0.15, -0.1) is 21.5 Å². The van der Waals surface area contributed by atoms with Crippen LogP contribution >= 0.6 is 23.1 Å². The zero-order chi connectivity index (χ0) is 24.6. The Morgan fingerprint density at radius 3 is 2.53 bits per heavy atom. The third-order valence-electron chi connectivity index (χ3n) is 6.74. The first-order valence-electron chi connectivity index (χ1n) is 12.5. The summed E-state index contributed by atoms with van der Waals surface area (Å²) in [5.74, 6) is 2.19. The predicted octanol–water partition coefficient (Wildman–Crippen LogP) is 5.79. The number of nitrogens with zero attached hydrogens (tertiary/aromatic N) is 5. The van der Waals surface area contributed by atoms with Crippen molar-refractivity contribution in [2.45, 2.75) is 44.9 Å². The number of thiophene rings is 1. The molecule has 0 saturated heterocycles. The maximum atomic E-state index is 14.0. The Morgan fingerprint density at radius 2 is 1.78 bits per heavy atom. The second kappa shape index (κ2) is 9.84. The standard InChI is InChI=1S/C28H29N5OS2/c1-19(2)14-16-35-28-30-29-27-32(21-11-7-4-8-12-21)25(34)24-22-13-15-31(17-20-9-5-3-6-10-20)18-23(22)36-26(24)33(27)28/h3-12,19H,13-18H2,1-2H3. The molecule has 0 radical (unpaired) electrons. The Hall–Kier alpha value is -2.94. The highest BCUT2D eigenvalue weighted by atomic mass is 32.2. The molecular weight excluding hydrogens is 486 g/mol. The maximum absolute atomic E-state index is 14.0. The number of aromatic nitrogens is 4. The first-order valence-corrected chi connectivity index (χ1v) is 14.3. The molecule has 0 fully saturated rings. The lowest BCUT2D eigenvalue weighted by atomic mass is 10.0. The van der Waals surface area contributed by atoms with Gasteiger partial charge in [-0.3, -0.25) is 9.69 Å². The number of benzene rings is 2. The van der Waals surface area contributed by atoms with Gasteiger partial charge in [0, 0.05) is 30.3 Å². The summed E-state index contributed by atoms with van der Waals surface area (Å²) in [7, 11) is 0. The SMILES string of the molecule is CC(C)CCSc1nnc2n(-c3ccccc3)c(=O)c3c4c(sc3n12)CN(Cc1ccccc1)CC4. The topological polar surface area (TPSA) is 55.4 Å². The molecule has 6 rings (SSSR count). The van der Waals surface area contributed by atoms with E-state index in [0.717, 1.165) is 59.3 Å². The van der Waals surface area contributed by atoms with Crippen molar-refractivity contribution in [3.63, 3.8) is 0 Å². The molecule has 4 heterocycles. The van der Waals surface area contributed by atoms with Crippen molar-refractivity contribution in [2.24, 2.45) is 5.92 Å². The zero-order valence-electron chi connectivity index (χ0n) is 20.6. The molecule has 0 atom stereocenters. The highest BCUT2D eigenvalue weighted by Gasteiger charge is 2.27. The predicted molar refractivity (Wildman–Crippen MR) is 148 cm³/mol. The molecule has 1 aliphatic heterocycles. The molecule has 36 heavy (non-hydrogen) atoms. The third-order valence-corrected chi connectivity index (χ3v) is 8.91. The van der Waals surface area contributed by atoms with Crippen LogP contribution in [0.4, 0.5) is 0 Å². The van der Waals surface area contributed by atoms with Crippen LogP contribution in [0.2, 0.25) is 0 Å². The lowest BCUT2D eigenvalue weighted by Gasteiger charge is -2.26. The summed E-state index contributed by atoms with van der Waals surface area (Å²) >= 11 is 3.46. The number of hydrogen-bond donors (Lipinski definition) is 0. The molecular formula is C28H29N5OS2. The van der Waals surface area contributed by atoms with E-state index in [1.54, 1.807) is 27.7 Å². The summed E-state index contributed by atoms with van der Waals surface area (Å²) in [6.45, 7) is 7.19. The number of thioether (sulfide) groups is 1. The molecule has 5 aromatic rings. The van der Waals surface area contributed by atoms with Crippen molar-refractivity contribution in [1.82, 2.24) is 24.1 Å². The fourth-order valence-corrected chi connectivity index (χ4v) is 7.48. The fraction of sp³-hybridized carbons (Fsp3) is 0.321. The molecule has 0 N–H and O–H groups in total. The fourth-order valence-electron chi connectivity index (χ4n) is 4.87. The first kappa shape index (κ1) is 23.5. The monoisotopic (exact) mass is 515 g/mol. The molecule has 0 saturated carbocycles. The van der Waals surface area contributed by atoms with Gasteiger partial charge in [-0.2, -0.15) is 0 Å². The van der Waals surface area contributed by atoms with Gasteiger partial charge in [0.15, 0.2) is 5.16 Å². The molecule has 0 amide bonds. The molecule has 184 valence electrons. The highest BCUT2D eigenvalue weighted by Crippen LogP contribution is 2.36. The quantitative estimate of drug-likeness (QED) is 0.257. The lowest BCUT2D eigenvalue weighted by Crippen LogP contribution is -2.30. The van der Waals surface area contributed by atoms with Gasteiger partial charge in [-0.25, -0.2) is 8.97 Å². The molecule has 2 aromatic carbocycles. The average molecular weight is 516 g/mol. The van der Waals surface area contributed by atoms with E-state index in [1.165, 1.54) is 16.0 Å². The lowest BCUT2D eigenvalue weighted by molar-refractivity contribution is 0.249. The molecule has 6 nitrogen and oxygen atoms in total. The Balaban J connectivity index is 1.49. The second-order valence-electron chi connectivity index (χ2n) is 9.76. The largest absolute Gasteiger partial charge is 0.294 e. The van der Waals surface area contributed by atoms with Crippen LogP contribution in [0.25, 0.3) is 21.7 Å². The molecule has 1 aliphatic rings. The maximum Gasteiger partial charge on any atom is 0.268 e. The summed E-state index contributed by atoms with van der Waals surface area (Å²) in [6.07, 6.45) is 1.98. The summed E-state index contributed by atoms with van der Waals surface area (Å²) in [5.41, 5.74) is 3.34. The third kappa shape index (κ3) is 4.27. The number of rotatable bonds is 7. The van der Waals surface area contributed by atoms with E-state index in [1.807, 2.05) is 30.3 Å². The number of para-hydroxylation sites is 1. The van der Waals surface area contributed by atoms with E-state index in [4.69, 9.17) is 0 Å². The van der Waals surface area contributed by atoms with Crippen LogP contribution in [0.5, 0.6) is 0 Å². The molecule has 8 heteroatoms. The molecule has 3 aromatic heterocycles. The van der Waals surface area contributed by atoms with E-state index in [-0.39, 0.29) is 5.56 Å². The summed E-state index contributed by atoms with van der Waals surface area (Å²) in [5, 5.41) is 10.8. The van der Waals surface area contributed by atoms with Gasteiger partial charge in [0.1, 0.15) is 4.83 Å². The second-order valence-corrected chi connectivity index (χ2v) is 11.9. The summed E-state index contributed by atoms with van der Waals surface area (Å²) in [6, 6.07) is 20.4. The van der Waals surface area contributed by atoms with Crippen LogP contribution in [0.3, 0.4) is 0 Å². The summed E-state index contributed by atoms with van der Waals surface area (Å²) in [4.78, 5) is 18.8. The van der Waals surface area contributed by atoms with Crippen molar-refractivity contribution < 1.29 is 0 Å². The van der Waals surface area contributed by atoms with Gasteiger partial charge in [0.25, 0.3) is 5.56 Å². The van der Waals surface area contributed by atoms with Crippen LogP contribution in [0, 0.1) is 5.92 Å². The van der Waals surface area contributed by atoms with E-state index in [0.29, 0.717) is 11.7 Å². The van der Waals surface area contributed by atoms with Gasteiger partial charge >= 0.3 is 0 Å². The Bertz CT molecular complexity index is 1570.